The molecule has 0 heterocycles. The minimum Gasteiger partial charge on any atom is -0.449 e. The summed E-state index contributed by atoms with van der Waals surface area (Å²) in [6, 6.07) is 9.80. The van der Waals surface area contributed by atoms with Crippen molar-refractivity contribution in [1.82, 2.24) is 4.31 Å². The van der Waals surface area contributed by atoms with Crippen molar-refractivity contribution in [2.24, 2.45) is 0 Å². The average molecular weight is 419 g/mol. The number of nitrogens with zero attached hydrogens (tertiary/aromatic N) is 1. The maximum absolute atomic E-state index is 12.5. The SMILES string of the molecule is Cc1cc(C)cc(C(=O)OC(C)C(=O)Nc2cc(S(=O)(=O)N(C)C)ccc2C)c1. The molecule has 0 aromatic heterocycles. The van der Waals surface area contributed by atoms with E-state index in [1.54, 1.807) is 25.1 Å². The highest BCUT2D eigenvalue weighted by Crippen LogP contribution is 2.22. The van der Waals surface area contributed by atoms with Crippen LogP contribution in [0.25, 0.3) is 0 Å². The van der Waals surface area contributed by atoms with E-state index in [0.717, 1.165) is 15.4 Å². The number of amides is 1. The average Bonchev–Trinajstić information content (AvgIpc) is 2.62. The van der Waals surface area contributed by atoms with E-state index >= 15 is 0 Å². The first-order valence-electron chi connectivity index (χ1n) is 9.05. The molecule has 0 spiro atoms. The van der Waals surface area contributed by atoms with Gasteiger partial charge in [0.1, 0.15) is 0 Å². The van der Waals surface area contributed by atoms with Gasteiger partial charge in [-0.25, -0.2) is 17.5 Å². The van der Waals surface area contributed by atoms with Gasteiger partial charge in [0.05, 0.1) is 10.5 Å². The van der Waals surface area contributed by atoms with E-state index in [1.807, 2.05) is 19.9 Å². The molecule has 0 fully saturated rings. The van der Waals surface area contributed by atoms with E-state index in [9.17, 15) is 18.0 Å². The van der Waals surface area contributed by atoms with E-state index in [1.165, 1.54) is 33.2 Å². The Morgan fingerprint density at radius 2 is 1.59 bits per heavy atom. The van der Waals surface area contributed by atoms with Gasteiger partial charge in [-0.3, -0.25) is 4.79 Å². The second kappa shape index (κ2) is 8.75. The van der Waals surface area contributed by atoms with Crippen molar-refractivity contribution in [2.45, 2.75) is 38.7 Å². The molecule has 8 heteroatoms. The lowest BCUT2D eigenvalue weighted by atomic mass is 10.1. The molecule has 0 aliphatic heterocycles. The number of anilines is 1. The fourth-order valence-corrected chi connectivity index (χ4v) is 3.64. The number of carbonyl (C=O) groups is 2. The highest BCUT2D eigenvalue weighted by atomic mass is 32.2. The Kier molecular flexibility index (Phi) is 6.81. The van der Waals surface area contributed by atoms with E-state index in [0.29, 0.717) is 16.8 Å². The summed E-state index contributed by atoms with van der Waals surface area (Å²) >= 11 is 0. The maximum atomic E-state index is 12.5. The number of aryl methyl sites for hydroxylation is 3. The van der Waals surface area contributed by atoms with Gasteiger partial charge in [0.15, 0.2) is 6.10 Å². The predicted molar refractivity (Wildman–Crippen MR) is 111 cm³/mol. The van der Waals surface area contributed by atoms with Gasteiger partial charge in [-0.05, 0) is 57.5 Å². The van der Waals surface area contributed by atoms with Gasteiger partial charge >= 0.3 is 5.97 Å². The summed E-state index contributed by atoms with van der Waals surface area (Å²) < 4.78 is 31.0. The van der Waals surface area contributed by atoms with Crippen LogP contribution in [0.15, 0.2) is 41.3 Å². The summed E-state index contributed by atoms with van der Waals surface area (Å²) in [6.07, 6.45) is -1.06. The van der Waals surface area contributed by atoms with Crippen LogP contribution >= 0.6 is 0 Å². The molecular formula is C21H26N2O5S. The summed E-state index contributed by atoms with van der Waals surface area (Å²) in [6.45, 7) is 6.95. The van der Waals surface area contributed by atoms with Gasteiger partial charge in [0.2, 0.25) is 10.0 Å². The zero-order valence-corrected chi connectivity index (χ0v) is 18.3. The Morgan fingerprint density at radius 1 is 1.00 bits per heavy atom. The molecule has 156 valence electrons. The maximum Gasteiger partial charge on any atom is 0.338 e. The van der Waals surface area contributed by atoms with Gasteiger partial charge in [-0.15, -0.1) is 0 Å². The molecule has 1 amide bonds. The molecule has 1 atom stereocenters. The Hall–Kier alpha value is -2.71. The smallest absolute Gasteiger partial charge is 0.338 e. The Bertz CT molecular complexity index is 1020. The number of hydrogen-bond acceptors (Lipinski definition) is 5. The van der Waals surface area contributed by atoms with Crippen molar-refractivity contribution < 1.29 is 22.7 Å². The monoisotopic (exact) mass is 418 g/mol. The molecule has 2 aromatic rings. The molecule has 2 rings (SSSR count). The third kappa shape index (κ3) is 5.42. The van der Waals surface area contributed by atoms with Crippen molar-refractivity contribution >= 4 is 27.6 Å². The second-order valence-corrected chi connectivity index (χ2v) is 9.33. The predicted octanol–water partition coefficient (Wildman–Crippen LogP) is 3.05. The van der Waals surface area contributed by atoms with Crippen LogP contribution in [0, 0.1) is 20.8 Å². The van der Waals surface area contributed by atoms with Crippen molar-refractivity contribution in [3.05, 3.63) is 58.7 Å². The lowest BCUT2D eigenvalue weighted by Crippen LogP contribution is -2.30. The van der Waals surface area contributed by atoms with Crippen molar-refractivity contribution in [1.29, 1.82) is 0 Å². The molecule has 0 saturated carbocycles. The van der Waals surface area contributed by atoms with Crippen LogP contribution in [-0.2, 0) is 19.6 Å². The lowest BCUT2D eigenvalue weighted by molar-refractivity contribution is -0.123. The molecule has 7 nitrogen and oxygen atoms in total. The molecule has 29 heavy (non-hydrogen) atoms. The Labute approximate surface area is 171 Å². The number of hydrogen-bond donors (Lipinski definition) is 1. The van der Waals surface area contributed by atoms with E-state index in [-0.39, 0.29) is 4.90 Å². The molecular weight excluding hydrogens is 392 g/mol. The third-order valence-electron chi connectivity index (χ3n) is 4.36. The minimum absolute atomic E-state index is 0.0586. The quantitative estimate of drug-likeness (QED) is 0.728. The number of rotatable bonds is 6. The van der Waals surface area contributed by atoms with Gasteiger partial charge in [0, 0.05) is 19.8 Å². The highest BCUT2D eigenvalue weighted by molar-refractivity contribution is 7.89. The minimum atomic E-state index is -3.64. The Morgan fingerprint density at radius 3 is 2.14 bits per heavy atom. The molecule has 0 radical (unpaired) electrons. The number of ether oxygens (including phenoxy) is 1. The van der Waals surface area contributed by atoms with Crippen LogP contribution in [-0.4, -0.2) is 44.8 Å². The van der Waals surface area contributed by atoms with Crippen LogP contribution in [0.5, 0.6) is 0 Å². The van der Waals surface area contributed by atoms with Gasteiger partial charge in [-0.1, -0.05) is 23.3 Å². The zero-order chi connectivity index (χ0) is 21.9. The third-order valence-corrected chi connectivity index (χ3v) is 6.17. The van der Waals surface area contributed by atoms with Gasteiger partial charge in [-0.2, -0.15) is 0 Å². The number of esters is 1. The number of nitrogens with one attached hydrogen (secondary N) is 1. The highest BCUT2D eigenvalue weighted by Gasteiger charge is 2.22. The molecule has 2 aromatic carbocycles. The van der Waals surface area contributed by atoms with Crippen molar-refractivity contribution in [3.63, 3.8) is 0 Å². The molecule has 1 unspecified atom stereocenters. The van der Waals surface area contributed by atoms with E-state index in [2.05, 4.69) is 5.32 Å². The summed E-state index contributed by atoms with van der Waals surface area (Å²) in [5, 5.41) is 2.64. The number of benzene rings is 2. The second-order valence-electron chi connectivity index (χ2n) is 7.18. The van der Waals surface area contributed by atoms with Crippen molar-refractivity contribution in [3.8, 4) is 0 Å². The van der Waals surface area contributed by atoms with Crippen LogP contribution in [0.4, 0.5) is 5.69 Å². The summed E-state index contributed by atoms with van der Waals surface area (Å²) in [7, 11) is -0.774. The lowest BCUT2D eigenvalue weighted by Gasteiger charge is -2.17. The standard InChI is InChI=1S/C21H26N2O5S/c1-13-9-14(2)11-17(10-13)21(25)28-16(4)20(24)22-19-12-18(8-7-15(19)3)29(26,27)23(5)6/h7-12,16H,1-6H3,(H,22,24). The normalized spacial score (nSPS) is 12.5. The fourth-order valence-electron chi connectivity index (χ4n) is 2.72. The summed E-state index contributed by atoms with van der Waals surface area (Å²) in [5.74, 6) is -1.15. The molecule has 1 N–H and O–H groups in total. The van der Waals surface area contributed by atoms with Crippen LogP contribution < -0.4 is 5.32 Å². The molecule has 0 bridgehead atoms. The summed E-state index contributed by atoms with van der Waals surface area (Å²) in [4.78, 5) is 24.9. The van der Waals surface area contributed by atoms with E-state index in [4.69, 9.17) is 4.74 Å². The Balaban J connectivity index is 2.16. The molecule has 0 aliphatic carbocycles. The van der Waals surface area contributed by atoms with Gasteiger partial charge < -0.3 is 10.1 Å². The van der Waals surface area contributed by atoms with E-state index < -0.39 is 28.0 Å². The zero-order valence-electron chi connectivity index (χ0n) is 17.4. The van der Waals surface area contributed by atoms with Crippen molar-refractivity contribution in [2.75, 3.05) is 19.4 Å². The van der Waals surface area contributed by atoms with Crippen LogP contribution in [0.3, 0.4) is 0 Å². The largest absolute Gasteiger partial charge is 0.449 e. The first kappa shape index (κ1) is 22.6. The number of sulfonamides is 1. The number of carbonyl (C=O) groups excluding carboxylic acids is 2. The van der Waals surface area contributed by atoms with Crippen LogP contribution in [0.2, 0.25) is 0 Å². The topological polar surface area (TPSA) is 92.8 Å². The van der Waals surface area contributed by atoms with Gasteiger partial charge in [0.25, 0.3) is 5.91 Å². The summed E-state index contributed by atoms with van der Waals surface area (Å²) in [5.41, 5.74) is 3.24. The first-order chi connectivity index (χ1) is 13.4. The van der Waals surface area contributed by atoms with Crippen LogP contribution in [0.1, 0.15) is 34.0 Å². The first-order valence-corrected chi connectivity index (χ1v) is 10.5. The molecule has 0 saturated heterocycles. The molecule has 0 aliphatic rings. The fraction of sp³-hybridized carbons (Fsp3) is 0.333.